The van der Waals surface area contributed by atoms with Crippen LogP contribution in [0.4, 0.5) is 15.8 Å². The zero-order valence-corrected chi connectivity index (χ0v) is 13.9. The Morgan fingerprint density at radius 1 is 1.20 bits per heavy atom. The van der Waals surface area contributed by atoms with Crippen molar-refractivity contribution in [2.24, 2.45) is 0 Å². The zero-order chi connectivity index (χ0) is 17.8. The van der Waals surface area contributed by atoms with Gasteiger partial charge in [-0.3, -0.25) is 4.98 Å². The molecule has 0 saturated carbocycles. The number of fused-ring (bicyclic) bond motifs is 1. The van der Waals surface area contributed by atoms with Crippen molar-refractivity contribution in [3.05, 3.63) is 60.0 Å². The molecule has 1 aromatic heterocycles. The summed E-state index contributed by atoms with van der Waals surface area (Å²) >= 11 is 0. The van der Waals surface area contributed by atoms with Crippen LogP contribution < -0.4 is 10.1 Å². The number of nitrogens with one attached hydrogen (secondary N) is 1. The monoisotopic (exact) mass is 340 g/mol. The predicted molar refractivity (Wildman–Crippen MR) is 93.9 cm³/mol. The first-order valence-electron chi connectivity index (χ1n) is 7.80. The summed E-state index contributed by atoms with van der Waals surface area (Å²) in [5.74, 6) is -0.395. The van der Waals surface area contributed by atoms with Crippen LogP contribution in [0.15, 0.2) is 48.7 Å². The van der Waals surface area contributed by atoms with E-state index in [1.54, 1.807) is 50.4 Å². The summed E-state index contributed by atoms with van der Waals surface area (Å²) in [4.78, 5) is 16.6. The summed E-state index contributed by atoms with van der Waals surface area (Å²) in [5.41, 5.74) is 1.47. The van der Waals surface area contributed by atoms with Gasteiger partial charge in [0.2, 0.25) is 0 Å². The lowest BCUT2D eigenvalue weighted by Crippen LogP contribution is -2.10. The van der Waals surface area contributed by atoms with E-state index in [0.717, 1.165) is 0 Å². The lowest BCUT2D eigenvalue weighted by molar-refractivity contribution is 0.0527. The Morgan fingerprint density at radius 2 is 2.00 bits per heavy atom. The van der Waals surface area contributed by atoms with E-state index in [1.165, 1.54) is 12.3 Å². The van der Waals surface area contributed by atoms with Gasteiger partial charge in [-0.15, -0.1) is 0 Å². The van der Waals surface area contributed by atoms with Crippen LogP contribution >= 0.6 is 0 Å². The summed E-state index contributed by atoms with van der Waals surface area (Å²) in [7, 11) is 1.54. The highest BCUT2D eigenvalue weighted by Gasteiger charge is 2.19. The molecule has 6 heteroatoms. The molecule has 1 heterocycles. The second-order valence-corrected chi connectivity index (χ2v) is 5.23. The average molecular weight is 340 g/mol. The van der Waals surface area contributed by atoms with Crippen molar-refractivity contribution in [2.75, 3.05) is 19.0 Å². The van der Waals surface area contributed by atoms with Crippen molar-refractivity contribution in [3.8, 4) is 5.75 Å². The zero-order valence-electron chi connectivity index (χ0n) is 13.9. The van der Waals surface area contributed by atoms with E-state index in [2.05, 4.69) is 10.3 Å². The number of nitrogens with zero attached hydrogens (tertiary/aromatic N) is 1. The first kappa shape index (κ1) is 16.7. The van der Waals surface area contributed by atoms with Gasteiger partial charge in [0.25, 0.3) is 0 Å². The van der Waals surface area contributed by atoms with Crippen LogP contribution in [0.2, 0.25) is 0 Å². The van der Waals surface area contributed by atoms with Gasteiger partial charge in [-0.25, -0.2) is 9.18 Å². The van der Waals surface area contributed by atoms with Gasteiger partial charge in [0.1, 0.15) is 22.6 Å². The third kappa shape index (κ3) is 3.24. The van der Waals surface area contributed by atoms with E-state index in [-0.39, 0.29) is 17.9 Å². The van der Waals surface area contributed by atoms with Crippen molar-refractivity contribution in [1.29, 1.82) is 0 Å². The first-order chi connectivity index (χ1) is 12.2. The molecule has 0 amide bonds. The Bertz CT molecular complexity index is 928. The molecule has 0 aliphatic rings. The SMILES string of the molecule is CCOC(=O)c1cnc2c(OC)cccc2c1Nc1ccccc1F. The minimum Gasteiger partial charge on any atom is -0.494 e. The van der Waals surface area contributed by atoms with Crippen molar-refractivity contribution >= 4 is 28.2 Å². The van der Waals surface area contributed by atoms with Gasteiger partial charge in [0.15, 0.2) is 0 Å². The highest BCUT2D eigenvalue weighted by atomic mass is 19.1. The van der Waals surface area contributed by atoms with Crippen LogP contribution in [0, 0.1) is 5.82 Å². The number of hydrogen-bond donors (Lipinski definition) is 1. The lowest BCUT2D eigenvalue weighted by Gasteiger charge is -2.15. The van der Waals surface area contributed by atoms with Crippen LogP contribution in [-0.2, 0) is 4.74 Å². The molecular formula is C19H17FN2O3. The Kier molecular flexibility index (Phi) is 4.79. The molecule has 3 aromatic rings. The molecule has 0 bridgehead atoms. The molecule has 128 valence electrons. The topological polar surface area (TPSA) is 60.5 Å². The van der Waals surface area contributed by atoms with Gasteiger partial charge < -0.3 is 14.8 Å². The van der Waals surface area contributed by atoms with Gasteiger partial charge in [-0.2, -0.15) is 0 Å². The highest BCUT2D eigenvalue weighted by molar-refractivity contribution is 6.07. The maximum absolute atomic E-state index is 14.1. The van der Waals surface area contributed by atoms with Gasteiger partial charge >= 0.3 is 5.97 Å². The van der Waals surface area contributed by atoms with E-state index in [4.69, 9.17) is 9.47 Å². The Balaban J connectivity index is 2.22. The lowest BCUT2D eigenvalue weighted by atomic mass is 10.1. The number of para-hydroxylation sites is 2. The molecule has 0 atom stereocenters. The molecule has 0 fully saturated rings. The molecule has 0 saturated heterocycles. The fraction of sp³-hybridized carbons (Fsp3) is 0.158. The van der Waals surface area contributed by atoms with Crippen LogP contribution in [0.5, 0.6) is 5.75 Å². The standard InChI is InChI=1S/C19H17FN2O3/c1-3-25-19(23)13-11-21-18-12(7-6-10-16(18)24-2)17(13)22-15-9-5-4-8-14(15)20/h4-11H,3H2,1-2H3,(H,21,22). The summed E-state index contributed by atoms with van der Waals surface area (Å²) in [6.07, 6.45) is 1.41. The van der Waals surface area contributed by atoms with Crippen molar-refractivity contribution < 1.29 is 18.7 Å². The number of rotatable bonds is 5. The number of anilines is 2. The van der Waals surface area contributed by atoms with Gasteiger partial charge in [-0.1, -0.05) is 24.3 Å². The molecule has 0 spiro atoms. The number of methoxy groups -OCH3 is 1. The Hall–Kier alpha value is -3.15. The minimum absolute atomic E-state index is 0.228. The summed E-state index contributed by atoms with van der Waals surface area (Å²) in [6, 6.07) is 11.6. The molecule has 25 heavy (non-hydrogen) atoms. The van der Waals surface area contributed by atoms with Crippen molar-refractivity contribution in [3.63, 3.8) is 0 Å². The second-order valence-electron chi connectivity index (χ2n) is 5.23. The molecule has 3 rings (SSSR count). The maximum Gasteiger partial charge on any atom is 0.341 e. The average Bonchev–Trinajstić information content (AvgIpc) is 2.63. The normalized spacial score (nSPS) is 10.5. The van der Waals surface area contributed by atoms with Gasteiger partial charge in [0.05, 0.1) is 25.1 Å². The molecule has 0 aliphatic carbocycles. The number of pyridine rings is 1. The number of halogens is 1. The van der Waals surface area contributed by atoms with Crippen LogP contribution in [0.1, 0.15) is 17.3 Å². The molecule has 0 unspecified atom stereocenters. The summed E-state index contributed by atoms with van der Waals surface area (Å²) in [6.45, 7) is 1.95. The number of benzene rings is 2. The molecule has 5 nitrogen and oxygen atoms in total. The largest absolute Gasteiger partial charge is 0.494 e. The van der Waals surface area contributed by atoms with E-state index >= 15 is 0 Å². The fourth-order valence-electron chi connectivity index (χ4n) is 2.56. The van der Waals surface area contributed by atoms with Gasteiger partial charge in [0, 0.05) is 11.6 Å². The van der Waals surface area contributed by atoms with Crippen LogP contribution in [-0.4, -0.2) is 24.7 Å². The van der Waals surface area contributed by atoms with Crippen LogP contribution in [0.3, 0.4) is 0 Å². The number of carbonyl (C=O) groups excluding carboxylic acids is 1. The number of aromatic nitrogens is 1. The van der Waals surface area contributed by atoms with Crippen LogP contribution in [0.25, 0.3) is 10.9 Å². The van der Waals surface area contributed by atoms with Crippen molar-refractivity contribution in [2.45, 2.75) is 6.92 Å². The smallest absolute Gasteiger partial charge is 0.341 e. The second kappa shape index (κ2) is 7.17. The third-order valence-electron chi connectivity index (χ3n) is 3.71. The summed E-state index contributed by atoms with van der Waals surface area (Å²) in [5, 5.41) is 3.64. The fourth-order valence-corrected chi connectivity index (χ4v) is 2.56. The van der Waals surface area contributed by atoms with E-state index in [9.17, 15) is 9.18 Å². The van der Waals surface area contributed by atoms with E-state index in [0.29, 0.717) is 22.3 Å². The predicted octanol–water partition coefficient (Wildman–Crippen LogP) is 4.30. The molecule has 0 aliphatic heterocycles. The first-order valence-corrected chi connectivity index (χ1v) is 7.80. The number of hydrogen-bond acceptors (Lipinski definition) is 5. The number of carbonyl (C=O) groups is 1. The minimum atomic E-state index is -0.529. The van der Waals surface area contributed by atoms with Crippen molar-refractivity contribution in [1.82, 2.24) is 4.98 Å². The molecule has 0 radical (unpaired) electrons. The van der Waals surface area contributed by atoms with E-state index in [1.807, 2.05) is 0 Å². The summed E-state index contributed by atoms with van der Waals surface area (Å²) < 4.78 is 24.5. The maximum atomic E-state index is 14.1. The molecular weight excluding hydrogens is 323 g/mol. The van der Waals surface area contributed by atoms with E-state index < -0.39 is 11.8 Å². The highest BCUT2D eigenvalue weighted by Crippen LogP contribution is 2.34. The van der Waals surface area contributed by atoms with Gasteiger partial charge in [-0.05, 0) is 25.1 Å². The quantitative estimate of drug-likeness (QED) is 0.702. The molecule has 2 aromatic carbocycles. The Labute approximate surface area is 144 Å². The molecule has 1 N–H and O–H groups in total. The Morgan fingerprint density at radius 3 is 2.72 bits per heavy atom. The number of ether oxygens (including phenoxy) is 2. The third-order valence-corrected chi connectivity index (χ3v) is 3.71. The number of esters is 1.